The van der Waals surface area contributed by atoms with Gasteiger partial charge in [0, 0.05) is 30.9 Å². The molecule has 0 bridgehead atoms. The van der Waals surface area contributed by atoms with Crippen molar-refractivity contribution < 1.29 is 22.5 Å². The Morgan fingerprint density at radius 3 is 2.40 bits per heavy atom. The van der Waals surface area contributed by atoms with Gasteiger partial charge in [-0.3, -0.25) is 9.69 Å². The van der Waals surface area contributed by atoms with E-state index in [1.54, 1.807) is 12.1 Å². The number of morpholine rings is 1. The van der Waals surface area contributed by atoms with Crippen molar-refractivity contribution in [1.82, 2.24) is 19.3 Å². The highest BCUT2D eigenvalue weighted by atomic mass is 32.2. The number of aromatic nitrogens is 2. The van der Waals surface area contributed by atoms with Crippen LogP contribution in [0.1, 0.15) is 45.1 Å². The molecule has 2 fully saturated rings. The number of piperidine rings is 1. The highest BCUT2D eigenvalue weighted by Gasteiger charge is 2.28. The van der Waals surface area contributed by atoms with Gasteiger partial charge < -0.3 is 14.6 Å². The second kappa shape index (κ2) is 11.8. The summed E-state index contributed by atoms with van der Waals surface area (Å²) in [6, 6.07) is 14.6. The zero-order chi connectivity index (χ0) is 28.3. The number of carbonyl (C=O) groups excluding carboxylic acids is 1. The third-order valence-electron chi connectivity index (χ3n) is 7.44. The molecule has 3 heterocycles. The molecule has 2 aliphatic rings. The average molecular weight is 568 g/mol. The maximum Gasteiger partial charge on any atom is 0.243 e. The summed E-state index contributed by atoms with van der Waals surface area (Å²) in [5.74, 6) is 0.797. The zero-order valence-electron chi connectivity index (χ0n) is 23.3. The van der Waals surface area contributed by atoms with Gasteiger partial charge in [0.2, 0.25) is 27.6 Å². The van der Waals surface area contributed by atoms with E-state index >= 15 is 0 Å². The van der Waals surface area contributed by atoms with Crippen molar-refractivity contribution in [3.8, 4) is 11.4 Å². The lowest BCUT2D eigenvalue weighted by atomic mass is 9.87. The highest BCUT2D eigenvalue weighted by molar-refractivity contribution is 7.89. The number of ether oxygens (including phenoxy) is 1. The van der Waals surface area contributed by atoms with Crippen LogP contribution < -0.4 is 5.32 Å². The van der Waals surface area contributed by atoms with Gasteiger partial charge >= 0.3 is 0 Å². The number of likely N-dealkylation sites (tertiary alicyclic amines) is 1. The number of rotatable bonds is 7. The van der Waals surface area contributed by atoms with Crippen LogP contribution in [0.2, 0.25) is 0 Å². The molecule has 3 aromatic rings. The van der Waals surface area contributed by atoms with Crippen LogP contribution >= 0.6 is 0 Å². The molecule has 2 aromatic carbocycles. The van der Waals surface area contributed by atoms with Crippen molar-refractivity contribution in [3.63, 3.8) is 0 Å². The smallest absolute Gasteiger partial charge is 0.243 e. The van der Waals surface area contributed by atoms with Crippen LogP contribution in [-0.2, 0) is 31.5 Å². The molecule has 1 unspecified atom stereocenters. The van der Waals surface area contributed by atoms with Crippen LogP contribution in [0.4, 0.5) is 5.69 Å². The molecule has 0 aliphatic carbocycles. The van der Waals surface area contributed by atoms with E-state index in [9.17, 15) is 13.2 Å². The minimum atomic E-state index is -3.57. The van der Waals surface area contributed by atoms with Crippen LogP contribution in [0.15, 0.2) is 57.9 Å². The van der Waals surface area contributed by atoms with Gasteiger partial charge in [-0.15, -0.1) is 0 Å². The number of sulfonamides is 1. The van der Waals surface area contributed by atoms with Crippen molar-refractivity contribution in [3.05, 3.63) is 60.0 Å². The van der Waals surface area contributed by atoms with Gasteiger partial charge in [0.15, 0.2) is 0 Å². The first kappa shape index (κ1) is 28.4. The molecule has 2 aliphatic heterocycles. The van der Waals surface area contributed by atoms with Crippen LogP contribution in [0.5, 0.6) is 0 Å². The Morgan fingerprint density at radius 2 is 1.73 bits per heavy atom. The van der Waals surface area contributed by atoms with Crippen LogP contribution in [0.3, 0.4) is 0 Å². The lowest BCUT2D eigenvalue weighted by Gasteiger charge is -2.30. The summed E-state index contributed by atoms with van der Waals surface area (Å²) in [6.07, 6.45) is 1.66. The van der Waals surface area contributed by atoms with E-state index in [1.807, 2.05) is 12.1 Å². The Bertz CT molecular complexity index is 1410. The first-order valence-corrected chi connectivity index (χ1v) is 15.2. The molecule has 214 valence electrons. The Morgan fingerprint density at radius 1 is 1.02 bits per heavy atom. The van der Waals surface area contributed by atoms with Crippen molar-refractivity contribution in [2.75, 3.05) is 44.7 Å². The summed E-state index contributed by atoms with van der Waals surface area (Å²) in [6.45, 7) is 9.90. The number of hydrogen-bond acceptors (Lipinski definition) is 8. The highest BCUT2D eigenvalue weighted by Crippen LogP contribution is 2.26. The molecule has 0 spiro atoms. The van der Waals surface area contributed by atoms with E-state index in [-0.39, 0.29) is 22.1 Å². The zero-order valence-corrected chi connectivity index (χ0v) is 24.1. The molecule has 0 radical (unpaired) electrons. The third-order valence-corrected chi connectivity index (χ3v) is 9.35. The molecule has 1 atom stereocenters. The lowest BCUT2D eigenvalue weighted by molar-refractivity contribution is -0.121. The van der Waals surface area contributed by atoms with E-state index in [0.717, 1.165) is 24.9 Å². The molecule has 1 aromatic heterocycles. The maximum absolute atomic E-state index is 13.1. The van der Waals surface area contributed by atoms with Crippen LogP contribution in [-0.4, -0.2) is 73.1 Å². The van der Waals surface area contributed by atoms with E-state index < -0.39 is 10.0 Å². The topological polar surface area (TPSA) is 118 Å². The fourth-order valence-corrected chi connectivity index (χ4v) is 6.46. The molecule has 10 nitrogen and oxygen atoms in total. The SMILES string of the molecule is CC(C)(C)c1ccc(-c2noc(CN3CCCC(C(=O)Nc4ccc(S(=O)(=O)N5CCOCC5)cc4)C3)n2)cc1. The second-order valence-electron chi connectivity index (χ2n) is 11.4. The Labute approximate surface area is 235 Å². The number of hydrogen-bond donors (Lipinski definition) is 1. The van der Waals surface area contributed by atoms with Gasteiger partial charge in [0.05, 0.1) is 30.6 Å². The average Bonchev–Trinajstić information content (AvgIpc) is 3.42. The van der Waals surface area contributed by atoms with E-state index in [0.29, 0.717) is 56.8 Å². The number of carbonyl (C=O) groups is 1. The maximum atomic E-state index is 13.1. The normalized spacial score (nSPS) is 19.4. The van der Waals surface area contributed by atoms with E-state index in [4.69, 9.17) is 9.26 Å². The molecular formula is C29H37N5O5S. The monoisotopic (exact) mass is 567 g/mol. The predicted octanol–water partition coefficient (Wildman–Crippen LogP) is 3.91. The minimum Gasteiger partial charge on any atom is -0.379 e. The molecule has 0 saturated carbocycles. The van der Waals surface area contributed by atoms with Gasteiger partial charge in [-0.05, 0) is 54.6 Å². The van der Waals surface area contributed by atoms with Crippen LogP contribution in [0, 0.1) is 5.92 Å². The lowest BCUT2D eigenvalue weighted by Crippen LogP contribution is -2.40. The third kappa shape index (κ3) is 6.60. The number of amides is 1. The quantitative estimate of drug-likeness (QED) is 0.457. The summed E-state index contributed by atoms with van der Waals surface area (Å²) < 4.78 is 37.9. The molecule has 1 amide bonds. The van der Waals surface area contributed by atoms with Crippen molar-refractivity contribution in [2.24, 2.45) is 5.92 Å². The number of benzene rings is 2. The van der Waals surface area contributed by atoms with Gasteiger partial charge in [-0.2, -0.15) is 9.29 Å². The fourth-order valence-electron chi connectivity index (χ4n) is 5.05. The van der Waals surface area contributed by atoms with Gasteiger partial charge in [0.1, 0.15) is 0 Å². The molecule has 40 heavy (non-hydrogen) atoms. The molecule has 2 saturated heterocycles. The number of nitrogens with zero attached hydrogens (tertiary/aromatic N) is 4. The summed E-state index contributed by atoms with van der Waals surface area (Å²) >= 11 is 0. The van der Waals surface area contributed by atoms with Gasteiger partial charge in [0.25, 0.3) is 0 Å². The first-order valence-electron chi connectivity index (χ1n) is 13.7. The Hall–Kier alpha value is -3.12. The fraction of sp³-hybridized carbons (Fsp3) is 0.483. The summed E-state index contributed by atoms with van der Waals surface area (Å²) in [4.78, 5) is 20.0. The number of nitrogens with one attached hydrogen (secondary N) is 1. The van der Waals surface area contributed by atoms with Crippen molar-refractivity contribution in [1.29, 1.82) is 0 Å². The van der Waals surface area contributed by atoms with Crippen molar-refractivity contribution >= 4 is 21.6 Å². The molecule has 11 heteroatoms. The van der Waals surface area contributed by atoms with Crippen molar-refractivity contribution in [2.45, 2.75) is 50.5 Å². The minimum absolute atomic E-state index is 0.0746. The van der Waals surface area contributed by atoms with E-state index in [1.165, 1.54) is 22.0 Å². The van der Waals surface area contributed by atoms with E-state index in [2.05, 4.69) is 53.3 Å². The molecular weight excluding hydrogens is 530 g/mol. The first-order chi connectivity index (χ1) is 19.1. The second-order valence-corrected chi connectivity index (χ2v) is 13.4. The molecule has 1 N–H and O–H groups in total. The Balaban J connectivity index is 1.16. The van der Waals surface area contributed by atoms with Gasteiger partial charge in [-0.25, -0.2) is 8.42 Å². The molecule has 5 rings (SSSR count). The largest absolute Gasteiger partial charge is 0.379 e. The summed E-state index contributed by atoms with van der Waals surface area (Å²) in [5.41, 5.74) is 2.79. The predicted molar refractivity (Wildman–Crippen MR) is 151 cm³/mol. The summed E-state index contributed by atoms with van der Waals surface area (Å²) in [5, 5.41) is 7.11. The van der Waals surface area contributed by atoms with Crippen LogP contribution in [0.25, 0.3) is 11.4 Å². The summed E-state index contributed by atoms with van der Waals surface area (Å²) in [7, 11) is -3.57. The Kier molecular flexibility index (Phi) is 8.37. The number of anilines is 1. The standard InChI is InChI=1S/C29H37N5O5S/c1-29(2,3)23-8-6-21(7-9-23)27-31-26(39-32-27)20-33-14-4-5-22(19-33)28(35)30-24-10-12-25(13-11-24)40(36,37)34-15-17-38-18-16-34/h6-13,22H,4-5,14-20H2,1-3H3,(H,30,35). The van der Waals surface area contributed by atoms with Gasteiger partial charge in [-0.1, -0.05) is 50.2 Å².